The topological polar surface area (TPSA) is 69.6 Å². The van der Waals surface area contributed by atoms with Crippen LogP contribution < -0.4 is 5.32 Å². The number of rotatable bonds is 5. The Morgan fingerprint density at radius 2 is 1.85 bits per heavy atom. The predicted molar refractivity (Wildman–Crippen MR) is 106 cm³/mol. The van der Waals surface area contributed by atoms with E-state index in [0.717, 1.165) is 42.0 Å². The van der Waals surface area contributed by atoms with E-state index in [4.69, 9.17) is 5.11 Å². The maximum atomic E-state index is 12.6. The number of carboxylic acids is 1. The Hall–Kier alpha value is -2.66. The van der Waals surface area contributed by atoms with Crippen LogP contribution in [0.3, 0.4) is 0 Å². The number of carbonyl (C=O) groups excluding carboxylic acids is 1. The van der Waals surface area contributed by atoms with Crippen LogP contribution >= 0.6 is 0 Å². The van der Waals surface area contributed by atoms with Crippen molar-refractivity contribution in [3.05, 3.63) is 64.7 Å². The van der Waals surface area contributed by atoms with Gasteiger partial charge in [0.05, 0.1) is 5.92 Å². The van der Waals surface area contributed by atoms with E-state index in [-0.39, 0.29) is 11.8 Å². The zero-order valence-electron chi connectivity index (χ0n) is 15.9. The smallest absolute Gasteiger partial charge is 0.306 e. The second-order valence-corrected chi connectivity index (χ2v) is 7.36. The summed E-state index contributed by atoms with van der Waals surface area (Å²) in [5.74, 6) is -1.01. The molecule has 1 heterocycles. The van der Waals surface area contributed by atoms with E-state index < -0.39 is 5.97 Å². The van der Waals surface area contributed by atoms with Gasteiger partial charge in [-0.15, -0.1) is 0 Å². The highest BCUT2D eigenvalue weighted by Gasteiger charge is 2.24. The van der Waals surface area contributed by atoms with Gasteiger partial charge < -0.3 is 10.4 Å². The highest BCUT2D eigenvalue weighted by atomic mass is 16.4. The zero-order valence-corrected chi connectivity index (χ0v) is 15.9. The molecule has 2 aromatic rings. The van der Waals surface area contributed by atoms with Crippen molar-refractivity contribution in [3.63, 3.8) is 0 Å². The molecule has 1 amide bonds. The molecule has 0 aromatic heterocycles. The van der Waals surface area contributed by atoms with Gasteiger partial charge >= 0.3 is 5.97 Å². The number of hydrogen-bond donors (Lipinski definition) is 2. The molecular weight excluding hydrogens is 340 g/mol. The van der Waals surface area contributed by atoms with E-state index in [0.29, 0.717) is 18.4 Å². The standard InChI is InChI=1S/C22H26N2O3/c1-15-6-7-16(2)20(12-15)21(25)23-19-5-3-4-17(13-19)14-24-10-8-18(9-11-24)22(26)27/h3-7,12-13,18H,8-11,14H2,1-2H3,(H,23,25)(H,26,27). The number of carbonyl (C=O) groups is 2. The summed E-state index contributed by atoms with van der Waals surface area (Å²) in [6, 6.07) is 13.7. The Labute approximate surface area is 160 Å². The minimum atomic E-state index is -0.689. The number of likely N-dealkylation sites (tertiary alicyclic amines) is 1. The molecule has 0 unspecified atom stereocenters. The fourth-order valence-corrected chi connectivity index (χ4v) is 3.52. The summed E-state index contributed by atoms with van der Waals surface area (Å²) in [6.07, 6.45) is 1.39. The number of amides is 1. The maximum absolute atomic E-state index is 12.6. The minimum absolute atomic E-state index is 0.101. The average molecular weight is 366 g/mol. The van der Waals surface area contributed by atoms with Crippen molar-refractivity contribution >= 4 is 17.6 Å². The Balaban J connectivity index is 1.63. The molecule has 2 aromatic carbocycles. The van der Waals surface area contributed by atoms with Crippen LogP contribution in [-0.4, -0.2) is 35.0 Å². The van der Waals surface area contributed by atoms with Crippen molar-refractivity contribution in [3.8, 4) is 0 Å². The van der Waals surface area contributed by atoms with Crippen LogP contribution in [0.25, 0.3) is 0 Å². The molecule has 0 radical (unpaired) electrons. The molecule has 1 aliphatic rings. The molecule has 1 aliphatic heterocycles. The molecule has 1 saturated heterocycles. The first-order valence-electron chi connectivity index (χ1n) is 9.35. The summed E-state index contributed by atoms with van der Waals surface area (Å²) in [5.41, 5.74) is 4.59. The highest BCUT2D eigenvalue weighted by Crippen LogP contribution is 2.21. The summed E-state index contributed by atoms with van der Waals surface area (Å²) in [7, 11) is 0. The van der Waals surface area contributed by atoms with Gasteiger partial charge in [-0.1, -0.05) is 29.8 Å². The summed E-state index contributed by atoms with van der Waals surface area (Å²) < 4.78 is 0. The van der Waals surface area contributed by atoms with Crippen molar-refractivity contribution in [2.45, 2.75) is 33.2 Å². The molecule has 5 heteroatoms. The lowest BCUT2D eigenvalue weighted by atomic mass is 9.97. The number of aryl methyl sites for hydroxylation is 2. The van der Waals surface area contributed by atoms with E-state index in [1.54, 1.807) is 0 Å². The van der Waals surface area contributed by atoms with Crippen LogP contribution in [-0.2, 0) is 11.3 Å². The number of anilines is 1. The maximum Gasteiger partial charge on any atom is 0.306 e. The number of nitrogens with one attached hydrogen (secondary N) is 1. The number of nitrogens with zero attached hydrogens (tertiary/aromatic N) is 1. The van der Waals surface area contributed by atoms with E-state index in [9.17, 15) is 9.59 Å². The number of aliphatic carboxylic acids is 1. The monoisotopic (exact) mass is 366 g/mol. The fraction of sp³-hybridized carbons (Fsp3) is 0.364. The first-order valence-corrected chi connectivity index (χ1v) is 9.35. The average Bonchev–Trinajstić information content (AvgIpc) is 2.64. The van der Waals surface area contributed by atoms with Crippen molar-refractivity contribution < 1.29 is 14.7 Å². The van der Waals surface area contributed by atoms with Crippen molar-refractivity contribution in [1.82, 2.24) is 4.90 Å². The molecule has 1 fully saturated rings. The Morgan fingerprint density at radius 3 is 2.56 bits per heavy atom. The molecule has 27 heavy (non-hydrogen) atoms. The molecule has 5 nitrogen and oxygen atoms in total. The van der Waals surface area contributed by atoms with E-state index in [1.165, 1.54) is 0 Å². The molecule has 0 spiro atoms. The third-order valence-electron chi connectivity index (χ3n) is 5.17. The van der Waals surface area contributed by atoms with Crippen LogP contribution in [0.2, 0.25) is 0 Å². The largest absolute Gasteiger partial charge is 0.481 e. The molecule has 0 aliphatic carbocycles. The summed E-state index contributed by atoms with van der Waals surface area (Å²) in [5, 5.41) is 12.1. The second kappa shape index (κ2) is 8.35. The van der Waals surface area contributed by atoms with Crippen LogP contribution in [0.15, 0.2) is 42.5 Å². The van der Waals surface area contributed by atoms with Crippen LogP contribution in [0, 0.1) is 19.8 Å². The zero-order chi connectivity index (χ0) is 19.4. The summed E-state index contributed by atoms with van der Waals surface area (Å²) in [6.45, 7) is 6.25. The molecule has 0 saturated carbocycles. The molecule has 0 bridgehead atoms. The van der Waals surface area contributed by atoms with Crippen LogP contribution in [0.5, 0.6) is 0 Å². The Bertz CT molecular complexity index is 839. The summed E-state index contributed by atoms with van der Waals surface area (Å²) in [4.78, 5) is 26.0. The van der Waals surface area contributed by atoms with Crippen LogP contribution in [0.1, 0.15) is 39.9 Å². The van der Waals surface area contributed by atoms with Gasteiger partial charge in [0, 0.05) is 17.8 Å². The van der Waals surface area contributed by atoms with Crippen LogP contribution in [0.4, 0.5) is 5.69 Å². The molecule has 0 atom stereocenters. The molecular formula is C22H26N2O3. The first-order chi connectivity index (χ1) is 12.9. The third-order valence-corrected chi connectivity index (χ3v) is 5.17. The second-order valence-electron chi connectivity index (χ2n) is 7.36. The van der Waals surface area contributed by atoms with Gasteiger partial charge in [-0.3, -0.25) is 14.5 Å². The SMILES string of the molecule is Cc1ccc(C)c(C(=O)Nc2cccc(CN3CCC(C(=O)O)CC3)c2)c1. The lowest BCUT2D eigenvalue weighted by Crippen LogP contribution is -2.35. The van der Waals surface area contributed by atoms with Gasteiger partial charge in [0.1, 0.15) is 0 Å². The van der Waals surface area contributed by atoms with E-state index >= 15 is 0 Å². The lowest BCUT2D eigenvalue weighted by molar-refractivity contribution is -0.143. The van der Waals surface area contributed by atoms with Gasteiger partial charge in [0.2, 0.25) is 0 Å². The van der Waals surface area contributed by atoms with Crippen molar-refractivity contribution in [1.29, 1.82) is 0 Å². The quantitative estimate of drug-likeness (QED) is 0.843. The normalized spacial score (nSPS) is 15.5. The number of benzene rings is 2. The van der Waals surface area contributed by atoms with Gasteiger partial charge in [0.15, 0.2) is 0 Å². The first kappa shape index (κ1) is 19.1. The number of hydrogen-bond acceptors (Lipinski definition) is 3. The minimum Gasteiger partial charge on any atom is -0.481 e. The Morgan fingerprint density at radius 1 is 1.11 bits per heavy atom. The number of carboxylic acid groups (broad SMARTS) is 1. The van der Waals surface area contributed by atoms with Gasteiger partial charge in [-0.05, 0) is 69.1 Å². The fourth-order valence-electron chi connectivity index (χ4n) is 3.52. The number of piperidine rings is 1. The third kappa shape index (κ3) is 4.95. The van der Waals surface area contributed by atoms with E-state index in [1.807, 2.05) is 56.3 Å². The highest BCUT2D eigenvalue weighted by molar-refractivity contribution is 6.05. The predicted octanol–water partition coefficient (Wildman–Crippen LogP) is 3.85. The molecule has 3 rings (SSSR count). The van der Waals surface area contributed by atoms with Crippen molar-refractivity contribution in [2.75, 3.05) is 18.4 Å². The van der Waals surface area contributed by atoms with Gasteiger partial charge in [0.25, 0.3) is 5.91 Å². The van der Waals surface area contributed by atoms with Crippen molar-refractivity contribution in [2.24, 2.45) is 5.92 Å². The van der Waals surface area contributed by atoms with E-state index in [2.05, 4.69) is 10.2 Å². The molecule has 142 valence electrons. The lowest BCUT2D eigenvalue weighted by Gasteiger charge is -2.30. The summed E-state index contributed by atoms with van der Waals surface area (Å²) >= 11 is 0. The Kier molecular flexibility index (Phi) is 5.91. The van der Waals surface area contributed by atoms with Gasteiger partial charge in [-0.2, -0.15) is 0 Å². The molecule has 2 N–H and O–H groups in total. The van der Waals surface area contributed by atoms with Gasteiger partial charge in [-0.25, -0.2) is 0 Å².